The molecule has 0 fully saturated rings. The first-order chi connectivity index (χ1) is 22.7. The highest BCUT2D eigenvalue weighted by Gasteiger charge is 2.20. The molecule has 7 aromatic carbocycles. The van der Waals surface area contributed by atoms with Gasteiger partial charge in [-0.2, -0.15) is 0 Å². The van der Waals surface area contributed by atoms with Crippen LogP contribution in [0.5, 0.6) is 0 Å². The van der Waals surface area contributed by atoms with Gasteiger partial charge in [0.1, 0.15) is 0 Å². The number of rotatable bonds is 5. The number of thiophene rings is 1. The number of hydrogen-bond acceptors (Lipinski definition) is 2. The molecule has 9 aromatic rings. The quantitative estimate of drug-likeness (QED) is 0.177. The average Bonchev–Trinajstić information content (AvgIpc) is 3.65. The third-order valence-electron chi connectivity index (χ3n) is 8.81. The largest absolute Gasteiger partial charge is 0.310 e. The Kier molecular flexibility index (Phi) is 6.51. The molecule has 0 bridgehead atoms. The van der Waals surface area contributed by atoms with Crippen LogP contribution < -0.4 is 4.90 Å². The standard InChI is InChI=1S/C42H27BrN2S/c43-30-13-9-11-28(25-30)29-12-10-18-33(26-29)44(31-14-3-1-4-15-31)34-21-22-37-39(27-34)45(32-16-5-2-6-17-32)38-24-23-36-35-19-7-8-20-40(35)46-42(36)41(37)38/h1-27H. The number of fused-ring (bicyclic) bond motifs is 7. The molecule has 0 aliphatic rings. The summed E-state index contributed by atoms with van der Waals surface area (Å²) in [7, 11) is 0. The number of para-hydroxylation sites is 2. The molecule has 218 valence electrons. The number of anilines is 3. The van der Waals surface area contributed by atoms with E-state index in [1.165, 1.54) is 53.1 Å². The van der Waals surface area contributed by atoms with E-state index in [0.717, 1.165) is 27.2 Å². The summed E-state index contributed by atoms with van der Waals surface area (Å²) in [5.41, 5.74) is 9.25. The molecule has 2 nitrogen and oxygen atoms in total. The molecule has 9 rings (SSSR count). The summed E-state index contributed by atoms with van der Waals surface area (Å²) in [5.74, 6) is 0. The number of halogens is 1. The van der Waals surface area contributed by atoms with Crippen LogP contribution in [-0.4, -0.2) is 4.57 Å². The lowest BCUT2D eigenvalue weighted by atomic mass is 10.0. The van der Waals surface area contributed by atoms with Crippen molar-refractivity contribution >= 4 is 86.3 Å². The van der Waals surface area contributed by atoms with Crippen LogP contribution >= 0.6 is 27.3 Å². The van der Waals surface area contributed by atoms with Crippen molar-refractivity contribution in [1.29, 1.82) is 0 Å². The van der Waals surface area contributed by atoms with E-state index < -0.39 is 0 Å². The Morgan fingerprint density at radius 3 is 1.98 bits per heavy atom. The third-order valence-corrected chi connectivity index (χ3v) is 10.5. The van der Waals surface area contributed by atoms with E-state index in [1.54, 1.807) is 0 Å². The van der Waals surface area contributed by atoms with Gasteiger partial charge in [-0.15, -0.1) is 11.3 Å². The van der Waals surface area contributed by atoms with Crippen LogP contribution in [0.1, 0.15) is 0 Å². The second-order valence-electron chi connectivity index (χ2n) is 11.5. The first-order valence-corrected chi connectivity index (χ1v) is 17.0. The lowest BCUT2D eigenvalue weighted by Crippen LogP contribution is -2.10. The van der Waals surface area contributed by atoms with Gasteiger partial charge in [-0.1, -0.05) is 107 Å². The van der Waals surface area contributed by atoms with Crippen molar-refractivity contribution in [2.45, 2.75) is 0 Å². The minimum atomic E-state index is 1.07. The maximum Gasteiger partial charge on any atom is 0.0562 e. The number of hydrogen-bond donors (Lipinski definition) is 0. The van der Waals surface area contributed by atoms with Gasteiger partial charge in [0.25, 0.3) is 0 Å². The van der Waals surface area contributed by atoms with Gasteiger partial charge in [-0.3, -0.25) is 0 Å². The fraction of sp³-hybridized carbons (Fsp3) is 0. The lowest BCUT2D eigenvalue weighted by Gasteiger charge is -2.26. The summed E-state index contributed by atoms with van der Waals surface area (Å²) in [5, 5.41) is 5.21. The van der Waals surface area contributed by atoms with Crippen LogP contribution in [0, 0.1) is 0 Å². The maximum atomic E-state index is 3.66. The minimum Gasteiger partial charge on any atom is -0.310 e. The van der Waals surface area contributed by atoms with Crippen molar-refractivity contribution in [2.75, 3.05) is 4.90 Å². The summed E-state index contributed by atoms with van der Waals surface area (Å²) in [6, 6.07) is 59.0. The second kappa shape index (κ2) is 11.0. The highest BCUT2D eigenvalue weighted by molar-refractivity contribution is 9.10. The predicted molar refractivity (Wildman–Crippen MR) is 201 cm³/mol. The molecule has 2 aromatic heterocycles. The lowest BCUT2D eigenvalue weighted by molar-refractivity contribution is 1.18. The van der Waals surface area contributed by atoms with Gasteiger partial charge in [0.15, 0.2) is 0 Å². The van der Waals surface area contributed by atoms with Gasteiger partial charge in [-0.05, 0) is 83.9 Å². The number of nitrogens with zero attached hydrogens (tertiary/aromatic N) is 2. The van der Waals surface area contributed by atoms with Crippen LogP contribution in [-0.2, 0) is 0 Å². The van der Waals surface area contributed by atoms with Crippen LogP contribution in [0.15, 0.2) is 168 Å². The molecule has 2 heterocycles. The molecular formula is C42H27BrN2S. The van der Waals surface area contributed by atoms with Crippen molar-refractivity contribution < 1.29 is 0 Å². The van der Waals surface area contributed by atoms with E-state index in [1.807, 2.05) is 11.3 Å². The van der Waals surface area contributed by atoms with Crippen molar-refractivity contribution in [3.05, 3.63) is 168 Å². The van der Waals surface area contributed by atoms with Crippen molar-refractivity contribution in [1.82, 2.24) is 4.57 Å². The molecular weight excluding hydrogens is 644 g/mol. The van der Waals surface area contributed by atoms with Gasteiger partial charge in [0.05, 0.1) is 11.0 Å². The molecule has 0 radical (unpaired) electrons. The van der Waals surface area contributed by atoms with Gasteiger partial charge in [0, 0.05) is 58.2 Å². The smallest absolute Gasteiger partial charge is 0.0562 e. The summed E-state index contributed by atoms with van der Waals surface area (Å²) < 4.78 is 6.16. The summed E-state index contributed by atoms with van der Waals surface area (Å²) in [6.07, 6.45) is 0. The van der Waals surface area contributed by atoms with E-state index in [-0.39, 0.29) is 0 Å². The van der Waals surface area contributed by atoms with Crippen LogP contribution in [0.25, 0.3) is 58.8 Å². The van der Waals surface area contributed by atoms with Gasteiger partial charge >= 0.3 is 0 Å². The van der Waals surface area contributed by atoms with E-state index in [0.29, 0.717) is 0 Å². The van der Waals surface area contributed by atoms with Gasteiger partial charge < -0.3 is 9.47 Å². The molecule has 46 heavy (non-hydrogen) atoms. The summed E-state index contributed by atoms with van der Waals surface area (Å²) in [6.45, 7) is 0. The first kappa shape index (κ1) is 27.2. The second-order valence-corrected chi connectivity index (χ2v) is 13.5. The first-order valence-electron chi connectivity index (χ1n) is 15.4. The molecule has 0 aliphatic heterocycles. The van der Waals surface area contributed by atoms with E-state index in [4.69, 9.17) is 0 Å². The average molecular weight is 672 g/mol. The fourth-order valence-corrected chi connectivity index (χ4v) is 8.44. The Morgan fingerprint density at radius 1 is 0.478 bits per heavy atom. The number of aromatic nitrogens is 1. The summed E-state index contributed by atoms with van der Waals surface area (Å²) >= 11 is 5.55. The van der Waals surface area contributed by atoms with Gasteiger partial charge in [0.2, 0.25) is 0 Å². The highest BCUT2D eigenvalue weighted by atomic mass is 79.9. The highest BCUT2D eigenvalue weighted by Crippen LogP contribution is 2.45. The molecule has 0 unspecified atom stereocenters. The van der Waals surface area contributed by atoms with Crippen LogP contribution in [0.2, 0.25) is 0 Å². The Morgan fingerprint density at radius 2 is 1.15 bits per heavy atom. The minimum absolute atomic E-state index is 1.07. The normalized spacial score (nSPS) is 11.6. The predicted octanol–water partition coefficient (Wildman–Crippen LogP) is 13.1. The van der Waals surface area contributed by atoms with E-state index in [9.17, 15) is 0 Å². The molecule has 0 spiro atoms. The molecule has 0 saturated heterocycles. The van der Waals surface area contributed by atoms with Crippen molar-refractivity contribution in [3.63, 3.8) is 0 Å². The van der Waals surface area contributed by atoms with E-state index >= 15 is 0 Å². The Labute approximate surface area is 279 Å². The zero-order valence-electron chi connectivity index (χ0n) is 24.8. The topological polar surface area (TPSA) is 8.17 Å². The maximum absolute atomic E-state index is 3.66. The Bertz CT molecular complexity index is 2550. The molecule has 4 heteroatoms. The molecule has 0 N–H and O–H groups in total. The summed E-state index contributed by atoms with van der Waals surface area (Å²) in [4.78, 5) is 2.36. The molecule has 0 amide bonds. The van der Waals surface area contributed by atoms with E-state index in [2.05, 4.69) is 189 Å². The molecule has 0 atom stereocenters. The zero-order chi connectivity index (χ0) is 30.6. The SMILES string of the molecule is Brc1cccc(-c2cccc(N(c3ccccc3)c3ccc4c5c6sc7ccccc7c6ccc5n(-c5ccccc5)c4c3)c2)c1. The Balaban J connectivity index is 1.32. The van der Waals surface area contributed by atoms with Gasteiger partial charge in [-0.25, -0.2) is 0 Å². The van der Waals surface area contributed by atoms with Crippen molar-refractivity contribution in [2.24, 2.45) is 0 Å². The zero-order valence-corrected chi connectivity index (χ0v) is 27.2. The van der Waals surface area contributed by atoms with Crippen LogP contribution in [0.3, 0.4) is 0 Å². The fourth-order valence-electron chi connectivity index (χ4n) is 6.78. The Hall–Kier alpha value is -5.16. The molecule has 0 saturated carbocycles. The monoisotopic (exact) mass is 670 g/mol. The van der Waals surface area contributed by atoms with Crippen molar-refractivity contribution in [3.8, 4) is 16.8 Å². The number of benzene rings is 7. The van der Waals surface area contributed by atoms with Crippen LogP contribution in [0.4, 0.5) is 17.1 Å². The molecule has 0 aliphatic carbocycles. The third kappa shape index (κ3) is 4.45.